The predicted octanol–water partition coefficient (Wildman–Crippen LogP) is 4.13. The van der Waals surface area contributed by atoms with E-state index in [1.165, 1.54) is 53.4 Å². The van der Waals surface area contributed by atoms with Crippen molar-refractivity contribution < 1.29 is 53.6 Å². The van der Waals surface area contributed by atoms with Crippen LogP contribution < -0.4 is 0 Å². The monoisotopic (exact) mass is 822 g/mol. The lowest BCUT2D eigenvalue weighted by Crippen LogP contribution is -2.36. The van der Waals surface area contributed by atoms with E-state index in [1.807, 2.05) is 0 Å². The summed E-state index contributed by atoms with van der Waals surface area (Å²) in [6, 6.07) is 17.3. The minimum absolute atomic E-state index is 0.0120. The number of ketones is 1. The summed E-state index contributed by atoms with van der Waals surface area (Å²) in [5, 5.41) is 3.35. The zero-order chi connectivity index (χ0) is 40.5. The van der Waals surface area contributed by atoms with Crippen molar-refractivity contribution in [2.75, 3.05) is 76.5 Å². The lowest BCUT2D eigenvalue weighted by Gasteiger charge is -2.23. The Kier molecular flexibility index (Phi) is 17.9. The quantitative estimate of drug-likeness (QED) is 0.0317. The maximum atomic E-state index is 13.9. The molecule has 0 saturated carbocycles. The fourth-order valence-corrected chi connectivity index (χ4v) is 8.96. The van der Waals surface area contributed by atoms with E-state index >= 15 is 0 Å². The van der Waals surface area contributed by atoms with Gasteiger partial charge in [-0.05, 0) is 62.2 Å². The van der Waals surface area contributed by atoms with Crippen molar-refractivity contribution in [2.24, 2.45) is 11.0 Å². The first-order valence-corrected chi connectivity index (χ1v) is 22.2. The van der Waals surface area contributed by atoms with Crippen LogP contribution in [0.15, 0.2) is 87.7 Å². The second-order valence-electron chi connectivity index (χ2n) is 12.6. The Hall–Kier alpha value is -4.20. The van der Waals surface area contributed by atoms with Crippen molar-refractivity contribution >= 4 is 41.5 Å². The van der Waals surface area contributed by atoms with Gasteiger partial charge in [-0.25, -0.2) is 16.8 Å². The van der Waals surface area contributed by atoms with Gasteiger partial charge in [0.25, 0.3) is 16.0 Å². The Bertz CT molecular complexity index is 2010. The highest BCUT2D eigenvalue weighted by Gasteiger charge is 2.33. The van der Waals surface area contributed by atoms with Gasteiger partial charge in [-0.3, -0.25) is 14.1 Å². The van der Waals surface area contributed by atoms with Gasteiger partial charge >= 0.3 is 0 Å². The van der Waals surface area contributed by atoms with E-state index in [0.717, 1.165) is 11.1 Å². The number of azide groups is 1. The summed E-state index contributed by atoms with van der Waals surface area (Å²) in [5.41, 5.74) is 9.98. The molecule has 0 aliphatic carbocycles. The average molecular weight is 823 g/mol. The number of carbonyl (C=O) groups is 2. The highest BCUT2D eigenvalue weighted by molar-refractivity contribution is 7.92. The third-order valence-corrected chi connectivity index (χ3v) is 12.6. The fraction of sp³-hybridized carbons (Fsp3) is 0.444. The summed E-state index contributed by atoms with van der Waals surface area (Å²) in [7, 11) is -12.5. The second kappa shape index (κ2) is 21.8. The van der Waals surface area contributed by atoms with Gasteiger partial charge in [0.05, 0.1) is 72.6 Å². The van der Waals surface area contributed by atoms with Crippen LogP contribution in [-0.2, 0) is 44.0 Å². The molecule has 55 heavy (non-hydrogen) atoms. The van der Waals surface area contributed by atoms with Crippen LogP contribution in [0.1, 0.15) is 38.3 Å². The predicted molar refractivity (Wildman–Crippen MR) is 204 cm³/mol. The van der Waals surface area contributed by atoms with Gasteiger partial charge in [0.15, 0.2) is 25.5 Å². The van der Waals surface area contributed by atoms with Crippen molar-refractivity contribution in [1.29, 1.82) is 0 Å². The van der Waals surface area contributed by atoms with Crippen LogP contribution in [0.5, 0.6) is 0 Å². The maximum absolute atomic E-state index is 13.9. The van der Waals surface area contributed by atoms with E-state index in [9.17, 15) is 39.4 Å². The number of benzene rings is 3. The number of rotatable bonds is 25. The Morgan fingerprint density at radius 1 is 0.691 bits per heavy atom. The Labute approximate surface area is 322 Å². The van der Waals surface area contributed by atoms with Crippen molar-refractivity contribution in [3.8, 4) is 0 Å². The summed E-state index contributed by atoms with van der Waals surface area (Å²) < 4.78 is 102. The molecule has 0 aliphatic heterocycles. The number of aryl methyl sites for hydroxylation is 2. The summed E-state index contributed by atoms with van der Waals surface area (Å²) in [6.07, 6.45) is -0.0729. The number of hydrogen-bond acceptors (Lipinski definition) is 12. The van der Waals surface area contributed by atoms with Crippen LogP contribution in [0.25, 0.3) is 10.4 Å². The first kappa shape index (κ1) is 45.2. The Balaban J connectivity index is 1.73. The molecule has 3 rings (SSSR count). The number of hydrogen-bond donors (Lipinski definition) is 1. The zero-order valence-corrected chi connectivity index (χ0v) is 33.1. The van der Waals surface area contributed by atoms with Gasteiger partial charge in [-0.15, -0.1) is 0 Å². The van der Waals surface area contributed by atoms with E-state index in [0.29, 0.717) is 6.61 Å². The molecule has 0 atom stereocenters. The first-order valence-electron chi connectivity index (χ1n) is 17.2. The van der Waals surface area contributed by atoms with Crippen molar-refractivity contribution in [2.45, 2.75) is 30.1 Å². The second-order valence-corrected chi connectivity index (χ2v) is 18.2. The highest BCUT2D eigenvalue weighted by Crippen LogP contribution is 2.23. The van der Waals surface area contributed by atoms with Crippen molar-refractivity contribution in [1.82, 2.24) is 4.90 Å². The normalized spacial score (nSPS) is 12.0. The number of ether oxygens (including phenoxy) is 3. The number of Topliss-reactive ketones (excluding diaryl/α,β-unsaturated/α-hetero) is 1. The number of sulfone groups is 2. The standard InChI is InChI=1S/C36H46N4O12S3/c1-28-4-12-33(13-5-28)53(43,44)26-32(27-54(45,46)34-14-6-29(2)7-15-34)35(41)30-8-10-31(11-9-30)36(42)40(17-3-25-55(47,48)49)18-20-51-22-24-52-23-21-50-19-16-38-39-37/h4-15,32H,3,16-27H2,1-2H3,(H,47,48,49). The molecule has 19 heteroatoms. The van der Waals surface area contributed by atoms with Crippen LogP contribution in [0, 0.1) is 19.8 Å². The van der Waals surface area contributed by atoms with E-state index in [1.54, 1.807) is 38.1 Å². The van der Waals surface area contributed by atoms with Gasteiger partial charge in [0.1, 0.15) is 0 Å². The lowest BCUT2D eigenvalue weighted by molar-refractivity contribution is 0.0119. The lowest BCUT2D eigenvalue weighted by atomic mass is 9.99. The van der Waals surface area contributed by atoms with Crippen LogP contribution in [0.4, 0.5) is 0 Å². The van der Waals surface area contributed by atoms with Crippen LogP contribution >= 0.6 is 0 Å². The molecule has 0 spiro atoms. The van der Waals surface area contributed by atoms with E-state index in [2.05, 4.69) is 10.0 Å². The largest absolute Gasteiger partial charge is 0.379 e. The SMILES string of the molecule is Cc1ccc(S(=O)(=O)CC(CS(=O)(=O)c2ccc(C)cc2)C(=O)c2ccc(C(=O)N(CCCS(=O)(=O)O)CCOCCOCCOCCN=[N+]=[N-])cc2)cc1. The molecule has 3 aromatic rings. The zero-order valence-electron chi connectivity index (χ0n) is 30.6. The van der Waals surface area contributed by atoms with E-state index in [-0.39, 0.29) is 80.0 Å². The molecule has 0 bridgehead atoms. The molecule has 0 heterocycles. The summed E-state index contributed by atoms with van der Waals surface area (Å²) in [4.78, 5) is 31.3. The molecule has 0 fully saturated rings. The third-order valence-electron chi connectivity index (χ3n) is 8.15. The molecule has 300 valence electrons. The minimum Gasteiger partial charge on any atom is -0.379 e. The van der Waals surface area contributed by atoms with Crippen molar-refractivity contribution in [3.63, 3.8) is 0 Å². The topological polar surface area (TPSA) is 236 Å². The number of nitrogens with zero attached hydrogens (tertiary/aromatic N) is 4. The maximum Gasteiger partial charge on any atom is 0.264 e. The molecule has 0 unspecified atom stereocenters. The molecular weight excluding hydrogens is 777 g/mol. The number of amides is 1. The molecule has 0 radical (unpaired) electrons. The summed E-state index contributed by atoms with van der Waals surface area (Å²) in [6.45, 7) is 5.09. The molecule has 3 aromatic carbocycles. The van der Waals surface area contributed by atoms with Gasteiger partial charge in [-0.2, -0.15) is 8.42 Å². The molecule has 1 N–H and O–H groups in total. The van der Waals surface area contributed by atoms with Gasteiger partial charge in [-0.1, -0.05) is 52.6 Å². The fourth-order valence-electron chi connectivity index (χ4n) is 5.23. The Morgan fingerprint density at radius 3 is 1.62 bits per heavy atom. The molecule has 0 aliphatic rings. The minimum atomic E-state index is -4.29. The van der Waals surface area contributed by atoms with Gasteiger partial charge < -0.3 is 19.1 Å². The third kappa shape index (κ3) is 15.8. The van der Waals surface area contributed by atoms with Crippen LogP contribution in [-0.4, -0.2) is 123 Å². The smallest absolute Gasteiger partial charge is 0.264 e. The molecule has 16 nitrogen and oxygen atoms in total. The molecule has 0 aromatic heterocycles. The van der Waals surface area contributed by atoms with Gasteiger partial charge in [0.2, 0.25) is 0 Å². The van der Waals surface area contributed by atoms with Crippen LogP contribution in [0.2, 0.25) is 0 Å². The van der Waals surface area contributed by atoms with E-state index in [4.69, 9.17) is 19.7 Å². The molecule has 0 saturated heterocycles. The van der Waals surface area contributed by atoms with E-state index < -0.39 is 64.7 Å². The summed E-state index contributed by atoms with van der Waals surface area (Å²) in [5.74, 6) is -4.91. The average Bonchev–Trinajstić information content (AvgIpc) is 3.13. The van der Waals surface area contributed by atoms with Crippen molar-refractivity contribution in [3.05, 3.63) is 105 Å². The van der Waals surface area contributed by atoms with Gasteiger partial charge in [0, 0.05) is 35.7 Å². The first-order chi connectivity index (χ1) is 26.0. The molecular formula is C36H46N4O12S3. The Morgan fingerprint density at radius 2 is 1.15 bits per heavy atom. The highest BCUT2D eigenvalue weighted by atomic mass is 32.2. The molecule has 1 amide bonds. The number of carbonyl (C=O) groups excluding carboxylic acids is 2. The summed E-state index contributed by atoms with van der Waals surface area (Å²) >= 11 is 0. The van der Waals surface area contributed by atoms with Crippen LogP contribution in [0.3, 0.4) is 0 Å².